The first-order chi connectivity index (χ1) is 36.7. The fourth-order valence-electron chi connectivity index (χ4n) is 10.4. The maximum absolute atomic E-state index is 11.3. The maximum atomic E-state index is 11.3. The van der Waals surface area contributed by atoms with Gasteiger partial charge in [-0.25, -0.2) is 0 Å². The van der Waals surface area contributed by atoms with Crippen molar-refractivity contribution in [2.75, 3.05) is 46.2 Å². The van der Waals surface area contributed by atoms with Gasteiger partial charge in [0.15, 0.2) is 44.0 Å². The molecule has 0 saturated carbocycles. The summed E-state index contributed by atoms with van der Waals surface area (Å²) in [5, 5.41) is 230. The van der Waals surface area contributed by atoms with E-state index in [9.17, 15) is 107 Å². The first kappa shape index (κ1) is 61.7. The van der Waals surface area contributed by atoms with E-state index in [0.29, 0.717) is 0 Å². The molecule has 0 radical (unpaired) electrons. The van der Waals surface area contributed by atoms with E-state index in [4.69, 9.17) is 66.3 Å². The number of aliphatic hydroxyl groups excluding tert-OH is 21. The smallest absolute Gasteiger partial charge is 0.187 e. The summed E-state index contributed by atoms with van der Waals surface area (Å²) in [6.45, 7) is -7.33. The summed E-state index contributed by atoms with van der Waals surface area (Å²) >= 11 is 0. The Bertz CT molecular complexity index is 1470. The monoisotopic (exact) mass is 1130 g/mol. The minimum Gasteiger partial charge on any atom is -0.394 e. The van der Waals surface area contributed by atoms with Crippen LogP contribution in [0.1, 0.15) is 0 Å². The fraction of sp³-hybridized carbons (Fsp3) is 1.00. The molecular formula is C42H70O35. The topological polar surface area (TPSA) is 554 Å². The van der Waals surface area contributed by atoms with Crippen LogP contribution in [0.25, 0.3) is 0 Å². The average molecular weight is 1130 g/mol. The van der Waals surface area contributed by atoms with Crippen molar-refractivity contribution in [1.82, 2.24) is 0 Å². The molecule has 35 nitrogen and oxygen atoms in total. The summed E-state index contributed by atoms with van der Waals surface area (Å²) in [5.74, 6) is 0. The molecular weight excluding hydrogens is 1060 g/mol. The normalized spacial score (nSPS) is 55.4. The Morgan fingerprint density at radius 1 is 0.156 bits per heavy atom. The lowest BCUT2D eigenvalue weighted by atomic mass is 9.95. The zero-order valence-electron chi connectivity index (χ0n) is 40.3. The lowest BCUT2D eigenvalue weighted by Crippen LogP contribution is -2.68. The number of hydrogen-bond donors (Lipinski definition) is 21. The van der Waals surface area contributed by atoms with E-state index >= 15 is 0 Å². The first-order valence-corrected chi connectivity index (χ1v) is 24.6. The van der Waals surface area contributed by atoms with Gasteiger partial charge in [0.25, 0.3) is 0 Å². The average Bonchev–Trinajstić information content (AvgIpc) is 3.47. The minimum absolute atomic E-state index is 1.05. The molecule has 0 amide bonds. The number of ether oxygens (including phenoxy) is 14. The standard InChI is InChI=1S/C42H70O35/c43-1-8-29-15(50)22(57)36(64-8)72-30-9(2-44)66-38(24(59)17(30)52)74-32-11(4-46)68-40(26(61)19(32)54)76-34-13(6-48)70-42(28(63)21(34)56)77-35-14(7-49)69-41(27(62)20(35)55)75-33-12(5-47)67-39(25(60)18(33)53)73-31-10(3-45)65-37(71-29)23(58)16(31)51/h8-63H,1-7H2/t8?,9?,10?,11?,12?,13?,14?,15-,16-,17-,18-,19-,20-,21+,22+,23+,24+,25+,26+,27+,28+,29?,30?,31?,32?,33?,34?,35?,36+,37+,38+,39+,40+,41+,42+/m1/s1. The summed E-state index contributed by atoms with van der Waals surface area (Å²) in [6.07, 6.45) is -70.2. The van der Waals surface area contributed by atoms with Gasteiger partial charge in [-0.3, -0.25) is 0 Å². The van der Waals surface area contributed by atoms with Crippen LogP contribution in [0, 0.1) is 0 Å². The van der Waals surface area contributed by atoms with Crippen LogP contribution < -0.4 is 0 Å². The van der Waals surface area contributed by atoms with Gasteiger partial charge in [0.1, 0.15) is 171 Å². The summed E-state index contributed by atoms with van der Waals surface area (Å²) in [5.41, 5.74) is 0. The van der Waals surface area contributed by atoms with E-state index < -0.39 is 261 Å². The predicted molar refractivity (Wildman–Crippen MR) is 228 cm³/mol. The van der Waals surface area contributed by atoms with Crippen LogP contribution in [0.15, 0.2) is 0 Å². The van der Waals surface area contributed by atoms with E-state index in [1.165, 1.54) is 0 Å². The van der Waals surface area contributed by atoms with Gasteiger partial charge in [-0.05, 0) is 0 Å². The quantitative estimate of drug-likeness (QED) is 0.113. The molecule has 0 spiro atoms. The van der Waals surface area contributed by atoms with E-state index in [1.54, 1.807) is 0 Å². The van der Waals surface area contributed by atoms with Crippen LogP contribution in [0.4, 0.5) is 0 Å². The van der Waals surface area contributed by atoms with Crippen molar-refractivity contribution in [3.63, 3.8) is 0 Å². The van der Waals surface area contributed by atoms with Crippen LogP contribution in [0.5, 0.6) is 0 Å². The van der Waals surface area contributed by atoms with Gasteiger partial charge >= 0.3 is 0 Å². The highest BCUT2D eigenvalue weighted by Crippen LogP contribution is 2.39. The molecule has 21 saturated heterocycles. The van der Waals surface area contributed by atoms with Crippen LogP contribution in [0.2, 0.25) is 0 Å². The highest BCUT2D eigenvalue weighted by Gasteiger charge is 2.59. The second-order valence-electron chi connectivity index (χ2n) is 19.7. The minimum atomic E-state index is -2.21. The van der Waals surface area contributed by atoms with Crippen molar-refractivity contribution in [1.29, 1.82) is 0 Å². The Hall–Kier alpha value is -1.40. The van der Waals surface area contributed by atoms with Gasteiger partial charge in [-0.15, -0.1) is 0 Å². The van der Waals surface area contributed by atoms with Gasteiger partial charge in [-0.1, -0.05) is 0 Å². The molecule has 21 N–H and O–H groups in total. The molecule has 0 aliphatic carbocycles. The van der Waals surface area contributed by atoms with Gasteiger partial charge in [-0.2, -0.15) is 0 Å². The second-order valence-corrected chi connectivity index (χ2v) is 19.7. The highest BCUT2D eigenvalue weighted by molar-refractivity contribution is 5.01. The van der Waals surface area contributed by atoms with Crippen LogP contribution >= 0.6 is 0 Å². The van der Waals surface area contributed by atoms with Crippen molar-refractivity contribution in [2.45, 2.75) is 215 Å². The molecule has 35 heteroatoms. The summed E-state index contributed by atoms with van der Waals surface area (Å²) in [6, 6.07) is 0. The zero-order chi connectivity index (χ0) is 56.1. The van der Waals surface area contributed by atoms with Crippen molar-refractivity contribution in [3.05, 3.63) is 0 Å². The van der Waals surface area contributed by atoms with Gasteiger partial charge in [0.2, 0.25) is 0 Å². The Balaban J connectivity index is 1.08. The molecule has 21 heterocycles. The predicted octanol–water partition coefficient (Wildman–Crippen LogP) is -15.2. The lowest BCUT2D eigenvalue weighted by molar-refractivity contribution is -0.396. The maximum Gasteiger partial charge on any atom is 0.187 e. The van der Waals surface area contributed by atoms with Crippen molar-refractivity contribution >= 4 is 0 Å². The first-order valence-electron chi connectivity index (χ1n) is 24.6. The Labute approximate surface area is 434 Å². The number of rotatable bonds is 7. The number of hydrogen-bond acceptors (Lipinski definition) is 35. The van der Waals surface area contributed by atoms with Crippen LogP contribution in [-0.4, -0.2) is 368 Å². The van der Waals surface area contributed by atoms with Crippen molar-refractivity contribution < 1.29 is 174 Å². The zero-order valence-corrected chi connectivity index (χ0v) is 40.3. The third kappa shape index (κ3) is 12.1. The van der Waals surface area contributed by atoms with Gasteiger partial charge in [0.05, 0.1) is 46.2 Å². The van der Waals surface area contributed by atoms with Crippen molar-refractivity contribution in [3.8, 4) is 0 Å². The van der Waals surface area contributed by atoms with E-state index in [2.05, 4.69) is 0 Å². The Morgan fingerprint density at radius 3 is 0.351 bits per heavy atom. The second kappa shape index (κ2) is 26.0. The third-order valence-corrected chi connectivity index (χ3v) is 14.8. The molecule has 448 valence electrons. The summed E-state index contributed by atoms with van der Waals surface area (Å²) < 4.78 is 79.5. The molecule has 21 rings (SSSR count). The molecule has 77 heavy (non-hydrogen) atoms. The molecule has 14 bridgehead atoms. The molecule has 21 aliphatic rings. The molecule has 0 aromatic heterocycles. The lowest BCUT2D eigenvalue weighted by Gasteiger charge is -2.50. The largest absolute Gasteiger partial charge is 0.394 e. The van der Waals surface area contributed by atoms with Crippen molar-refractivity contribution in [2.24, 2.45) is 0 Å². The number of aliphatic hydroxyl groups is 21. The van der Waals surface area contributed by atoms with Crippen LogP contribution in [-0.2, 0) is 66.3 Å². The van der Waals surface area contributed by atoms with Crippen LogP contribution in [0.3, 0.4) is 0 Å². The summed E-state index contributed by atoms with van der Waals surface area (Å²) in [4.78, 5) is 0. The molecule has 0 aromatic rings. The highest BCUT2D eigenvalue weighted by atomic mass is 16.8. The van der Waals surface area contributed by atoms with E-state index in [-0.39, 0.29) is 0 Å². The van der Waals surface area contributed by atoms with E-state index in [1.807, 2.05) is 0 Å². The van der Waals surface area contributed by atoms with Gasteiger partial charge < -0.3 is 174 Å². The fourth-order valence-corrected chi connectivity index (χ4v) is 10.4. The molecule has 14 unspecified atom stereocenters. The SMILES string of the molecule is OCC1O[C@H]2OC3C(CO)O[C@@H](OC4C(CO)O[C@@H](OC5C(CO)O[C@@H](OC6C(CO)O[C@@H](OC7C(CO)O[C@@H](OC8C(CO)O[C@@H](OC1[C@@H](O)[C@@H]2O)[C@@H](O)[C@H]8O)[C@@H](O)[C@H]7O)[C@@H](O)[C@H]6O)[C@@H](O)[C@H]5O)[C@@H](O)[C@H]4O)[C@@H](O)[C@H]3O. The van der Waals surface area contributed by atoms with E-state index in [0.717, 1.165) is 0 Å². The third-order valence-electron chi connectivity index (χ3n) is 14.8. The molecule has 21 aliphatic heterocycles. The molecule has 0 aromatic carbocycles. The Kier molecular flexibility index (Phi) is 20.8. The molecule has 35 atom stereocenters. The summed E-state index contributed by atoms with van der Waals surface area (Å²) in [7, 11) is 0. The Morgan fingerprint density at radius 2 is 0.260 bits per heavy atom. The van der Waals surface area contributed by atoms with Gasteiger partial charge in [0, 0.05) is 0 Å². The molecule has 21 fully saturated rings.